The molecule has 0 aromatic heterocycles. The zero-order valence-corrected chi connectivity index (χ0v) is 21.0. The molecular weight excluding hydrogens is 511 g/mol. The van der Waals surface area contributed by atoms with Crippen LogP contribution in [0.3, 0.4) is 0 Å². The van der Waals surface area contributed by atoms with Crippen molar-refractivity contribution in [1.82, 2.24) is 14.7 Å². The van der Waals surface area contributed by atoms with E-state index in [9.17, 15) is 14.4 Å². The number of rotatable bonds is 7. The fourth-order valence-corrected chi connectivity index (χ4v) is 4.62. The van der Waals surface area contributed by atoms with Crippen LogP contribution in [0.5, 0.6) is 0 Å². The molecule has 172 valence electrons. The molecule has 2 atom stereocenters. The van der Waals surface area contributed by atoms with Gasteiger partial charge in [0.15, 0.2) is 18.9 Å². The van der Waals surface area contributed by atoms with Gasteiger partial charge in [-0.3, -0.25) is 19.4 Å². The average Bonchev–Trinajstić information content (AvgIpc) is 3.36. The highest BCUT2D eigenvalue weighted by Gasteiger charge is 2.54. The summed E-state index contributed by atoms with van der Waals surface area (Å²) in [6.07, 6.45) is 6.20. The SMILES string of the molecule is CCCN1C(=O)C2C(N=C(C3CCCC3)N2COC(=O)C(C)(C)C)N(C/C=C/I)C1=O. The number of halogens is 1. The Morgan fingerprint density at radius 2 is 1.90 bits per heavy atom. The number of hydrogen-bond donors (Lipinski definition) is 0. The van der Waals surface area contributed by atoms with Crippen LogP contribution in [0.15, 0.2) is 15.2 Å². The minimum absolute atomic E-state index is 0.0253. The van der Waals surface area contributed by atoms with Crippen LogP contribution in [-0.2, 0) is 14.3 Å². The molecule has 1 saturated heterocycles. The summed E-state index contributed by atoms with van der Waals surface area (Å²) in [5.74, 6) is 0.451. The van der Waals surface area contributed by atoms with Crippen LogP contribution in [0.2, 0.25) is 0 Å². The zero-order chi connectivity index (χ0) is 22.8. The second-order valence-corrected chi connectivity index (χ2v) is 10.1. The first-order valence-corrected chi connectivity index (χ1v) is 12.3. The molecule has 3 aliphatic rings. The Labute approximate surface area is 198 Å². The number of nitrogens with zero attached hydrogens (tertiary/aromatic N) is 4. The van der Waals surface area contributed by atoms with Gasteiger partial charge in [-0.1, -0.05) is 48.4 Å². The van der Waals surface area contributed by atoms with E-state index in [1.165, 1.54) is 4.90 Å². The van der Waals surface area contributed by atoms with Crippen molar-refractivity contribution < 1.29 is 19.1 Å². The minimum Gasteiger partial charge on any atom is -0.444 e. The molecular formula is C22H33IN4O4. The number of esters is 1. The first-order valence-electron chi connectivity index (χ1n) is 11.1. The summed E-state index contributed by atoms with van der Waals surface area (Å²) in [7, 11) is 0. The highest BCUT2D eigenvalue weighted by atomic mass is 127. The maximum absolute atomic E-state index is 13.4. The molecule has 1 saturated carbocycles. The summed E-state index contributed by atoms with van der Waals surface area (Å²) in [6.45, 7) is 8.08. The van der Waals surface area contributed by atoms with Gasteiger partial charge in [0.25, 0.3) is 5.91 Å². The van der Waals surface area contributed by atoms with Crippen molar-refractivity contribution in [3.8, 4) is 0 Å². The number of amidine groups is 1. The van der Waals surface area contributed by atoms with Crippen molar-refractivity contribution >= 4 is 46.3 Å². The molecule has 0 bridgehead atoms. The van der Waals surface area contributed by atoms with E-state index in [0.717, 1.165) is 31.5 Å². The van der Waals surface area contributed by atoms with E-state index in [1.807, 2.05) is 22.0 Å². The van der Waals surface area contributed by atoms with Gasteiger partial charge in [0.2, 0.25) is 0 Å². The molecule has 3 amide bonds. The molecule has 31 heavy (non-hydrogen) atoms. The number of carbonyl (C=O) groups excluding carboxylic acids is 3. The normalized spacial score (nSPS) is 24.9. The van der Waals surface area contributed by atoms with Crippen molar-refractivity contribution in [2.45, 2.75) is 72.0 Å². The Morgan fingerprint density at radius 1 is 1.23 bits per heavy atom. The fourth-order valence-electron chi connectivity index (χ4n) is 4.39. The van der Waals surface area contributed by atoms with Gasteiger partial charge in [0.05, 0.1) is 5.41 Å². The number of carbonyl (C=O) groups is 3. The van der Waals surface area contributed by atoms with Gasteiger partial charge in [-0.25, -0.2) is 9.79 Å². The topological polar surface area (TPSA) is 82.5 Å². The monoisotopic (exact) mass is 544 g/mol. The number of urea groups is 1. The Hall–Kier alpha value is -1.65. The molecule has 9 heteroatoms. The van der Waals surface area contributed by atoms with Crippen LogP contribution >= 0.6 is 22.6 Å². The Kier molecular flexibility index (Phi) is 7.64. The van der Waals surface area contributed by atoms with Crippen LogP contribution < -0.4 is 0 Å². The lowest BCUT2D eigenvalue weighted by Gasteiger charge is -2.42. The van der Waals surface area contributed by atoms with Crippen molar-refractivity contribution in [3.05, 3.63) is 10.2 Å². The van der Waals surface area contributed by atoms with Crippen LogP contribution in [0.25, 0.3) is 0 Å². The first kappa shape index (κ1) is 24.0. The van der Waals surface area contributed by atoms with E-state index < -0.39 is 17.6 Å². The Balaban J connectivity index is 1.95. The molecule has 2 fully saturated rings. The number of ether oxygens (including phenoxy) is 1. The highest BCUT2D eigenvalue weighted by molar-refractivity contribution is 14.1. The summed E-state index contributed by atoms with van der Waals surface area (Å²) >= 11 is 2.12. The van der Waals surface area contributed by atoms with Crippen molar-refractivity contribution in [3.63, 3.8) is 0 Å². The average molecular weight is 544 g/mol. The second-order valence-electron chi connectivity index (χ2n) is 9.39. The fraction of sp³-hybridized carbons (Fsp3) is 0.727. The Bertz CT molecular complexity index is 770. The lowest BCUT2D eigenvalue weighted by Crippen LogP contribution is -2.66. The van der Waals surface area contributed by atoms with E-state index in [2.05, 4.69) is 22.6 Å². The Morgan fingerprint density at radius 3 is 2.48 bits per heavy atom. The molecule has 0 N–H and O–H groups in total. The maximum Gasteiger partial charge on any atom is 0.328 e. The third-order valence-electron chi connectivity index (χ3n) is 6.00. The van der Waals surface area contributed by atoms with Gasteiger partial charge in [0.1, 0.15) is 5.84 Å². The van der Waals surface area contributed by atoms with Crippen LogP contribution in [-0.4, -0.2) is 70.5 Å². The van der Waals surface area contributed by atoms with E-state index in [1.54, 1.807) is 25.7 Å². The maximum atomic E-state index is 13.4. The molecule has 1 aliphatic carbocycles. The van der Waals surface area contributed by atoms with Crippen LogP contribution in [0.1, 0.15) is 59.8 Å². The second kappa shape index (κ2) is 9.87. The summed E-state index contributed by atoms with van der Waals surface area (Å²) in [5.41, 5.74) is -0.637. The number of imide groups is 1. The van der Waals surface area contributed by atoms with Crippen molar-refractivity contribution in [2.75, 3.05) is 19.8 Å². The van der Waals surface area contributed by atoms with E-state index in [-0.39, 0.29) is 30.6 Å². The quantitative estimate of drug-likeness (QED) is 0.360. The van der Waals surface area contributed by atoms with Gasteiger partial charge >= 0.3 is 12.0 Å². The van der Waals surface area contributed by atoms with E-state index in [4.69, 9.17) is 9.73 Å². The molecule has 0 spiro atoms. The predicted molar refractivity (Wildman–Crippen MR) is 126 cm³/mol. The number of hydrogen-bond acceptors (Lipinski definition) is 6. The van der Waals surface area contributed by atoms with Crippen molar-refractivity contribution in [1.29, 1.82) is 0 Å². The third-order valence-corrected chi connectivity index (χ3v) is 6.51. The largest absolute Gasteiger partial charge is 0.444 e. The lowest BCUT2D eigenvalue weighted by atomic mass is 9.97. The van der Waals surface area contributed by atoms with Gasteiger partial charge in [0, 0.05) is 19.0 Å². The summed E-state index contributed by atoms with van der Waals surface area (Å²) in [5, 5.41) is 0. The molecule has 8 nitrogen and oxygen atoms in total. The molecule has 2 unspecified atom stereocenters. The molecule has 2 heterocycles. The zero-order valence-electron chi connectivity index (χ0n) is 18.8. The lowest BCUT2D eigenvalue weighted by molar-refractivity contribution is -0.159. The van der Waals surface area contributed by atoms with E-state index >= 15 is 0 Å². The van der Waals surface area contributed by atoms with Gasteiger partial charge < -0.3 is 9.64 Å². The molecule has 0 aromatic carbocycles. The predicted octanol–water partition coefficient (Wildman–Crippen LogP) is 3.76. The van der Waals surface area contributed by atoms with Crippen LogP contribution in [0.4, 0.5) is 4.79 Å². The highest BCUT2D eigenvalue weighted by Crippen LogP contribution is 2.36. The van der Waals surface area contributed by atoms with Gasteiger partial charge in [-0.05, 0) is 44.1 Å². The standard InChI is InChI=1S/C22H33IN4O4/c1-5-12-26-19(28)16-18(25(21(26)30)13-8-11-23)24-17(15-9-6-7-10-15)27(16)14-31-20(29)22(2,3)4/h8,11,15-16,18H,5-7,9-10,12-14H2,1-4H3/b11-8+. The van der Waals surface area contributed by atoms with Crippen molar-refractivity contribution in [2.24, 2.45) is 16.3 Å². The van der Waals surface area contributed by atoms with Gasteiger partial charge in [-0.2, -0.15) is 0 Å². The first-order chi connectivity index (χ1) is 14.7. The molecule has 0 radical (unpaired) electrons. The van der Waals surface area contributed by atoms with E-state index in [0.29, 0.717) is 19.5 Å². The molecule has 0 aromatic rings. The van der Waals surface area contributed by atoms with Gasteiger partial charge in [-0.15, -0.1) is 0 Å². The molecule has 2 aliphatic heterocycles. The smallest absolute Gasteiger partial charge is 0.328 e. The summed E-state index contributed by atoms with van der Waals surface area (Å²) in [4.78, 5) is 48.8. The summed E-state index contributed by atoms with van der Waals surface area (Å²) < 4.78 is 7.49. The van der Waals surface area contributed by atoms with Crippen LogP contribution in [0, 0.1) is 11.3 Å². The minimum atomic E-state index is -0.657. The number of fused-ring (bicyclic) bond motifs is 1. The molecule has 3 rings (SSSR count). The number of aliphatic imine (C=N–C) groups is 1. The summed E-state index contributed by atoms with van der Waals surface area (Å²) in [6, 6.07) is -0.958. The third kappa shape index (κ3) is 4.90. The number of amides is 3.